The van der Waals surface area contributed by atoms with Crippen molar-refractivity contribution in [3.05, 3.63) is 0 Å². The molecule has 0 heterocycles. The highest BCUT2D eigenvalue weighted by Crippen LogP contribution is 2.32. The summed E-state index contributed by atoms with van der Waals surface area (Å²) in [7, 11) is 0. The second-order valence-electron chi connectivity index (χ2n) is 6.18. The maximum absolute atomic E-state index is 12.3. The first-order valence-electron chi connectivity index (χ1n) is 7.75. The fourth-order valence-electron chi connectivity index (χ4n) is 3.77. The van der Waals surface area contributed by atoms with Crippen LogP contribution in [0.25, 0.3) is 0 Å². The lowest BCUT2D eigenvalue weighted by Gasteiger charge is -2.30. The minimum Gasteiger partial charge on any atom is -0.353 e. The lowest BCUT2D eigenvalue weighted by Crippen LogP contribution is -2.43. The number of hydrogen-bond acceptors (Lipinski definition) is 2. The number of carbonyl (C=O) groups is 1. The first kappa shape index (κ1) is 13.9. The third-order valence-electron chi connectivity index (χ3n) is 5.01. The van der Waals surface area contributed by atoms with Crippen LogP contribution in [0.3, 0.4) is 0 Å². The molecule has 2 rings (SSSR count). The summed E-state index contributed by atoms with van der Waals surface area (Å²) in [6, 6.07) is 0.426. The maximum Gasteiger partial charge on any atom is 0.223 e. The summed E-state index contributed by atoms with van der Waals surface area (Å²) in [5, 5.41) is 3.29. The zero-order chi connectivity index (χ0) is 13.0. The molecule has 3 heteroatoms. The molecule has 0 aromatic carbocycles. The van der Waals surface area contributed by atoms with Gasteiger partial charge in [-0.05, 0) is 44.1 Å². The van der Waals surface area contributed by atoms with Crippen LogP contribution in [0.5, 0.6) is 0 Å². The number of nitrogens with two attached hydrogens (primary N) is 1. The number of rotatable bonds is 4. The SMILES string of the molecule is CCC1CCCC(NC(=O)[C@@H]2CCC[C@@H]2CN)C1. The van der Waals surface area contributed by atoms with Crippen LogP contribution in [0.15, 0.2) is 0 Å². The van der Waals surface area contributed by atoms with Crippen molar-refractivity contribution in [1.82, 2.24) is 5.32 Å². The second kappa shape index (κ2) is 6.55. The quantitative estimate of drug-likeness (QED) is 0.807. The number of nitrogens with one attached hydrogen (secondary N) is 1. The normalized spacial score (nSPS) is 36.6. The average Bonchev–Trinajstić information content (AvgIpc) is 2.87. The molecule has 2 unspecified atom stereocenters. The van der Waals surface area contributed by atoms with E-state index in [2.05, 4.69) is 12.2 Å². The van der Waals surface area contributed by atoms with Crippen LogP contribution in [0.4, 0.5) is 0 Å². The zero-order valence-corrected chi connectivity index (χ0v) is 11.7. The Morgan fingerprint density at radius 2 is 2.00 bits per heavy atom. The predicted octanol–water partition coefficient (Wildman–Crippen LogP) is 2.45. The lowest BCUT2D eigenvalue weighted by molar-refractivity contribution is -0.127. The Bertz CT molecular complexity index is 280. The van der Waals surface area contributed by atoms with Gasteiger partial charge in [-0.15, -0.1) is 0 Å². The summed E-state index contributed by atoms with van der Waals surface area (Å²) in [5.41, 5.74) is 5.76. The van der Waals surface area contributed by atoms with E-state index in [-0.39, 0.29) is 11.8 Å². The fourth-order valence-corrected chi connectivity index (χ4v) is 3.77. The molecule has 0 aliphatic heterocycles. The largest absolute Gasteiger partial charge is 0.353 e. The molecule has 0 aromatic rings. The van der Waals surface area contributed by atoms with Gasteiger partial charge in [-0.2, -0.15) is 0 Å². The Labute approximate surface area is 111 Å². The van der Waals surface area contributed by atoms with E-state index in [4.69, 9.17) is 5.73 Å². The van der Waals surface area contributed by atoms with Gasteiger partial charge in [-0.1, -0.05) is 32.6 Å². The third kappa shape index (κ3) is 3.25. The standard InChI is InChI=1S/C15H28N2O/c1-2-11-5-3-7-13(9-11)17-15(18)14-8-4-6-12(14)10-16/h11-14H,2-10,16H2,1H3,(H,17,18)/t11?,12-,13?,14-/m1/s1. The molecule has 2 aliphatic carbocycles. The summed E-state index contributed by atoms with van der Waals surface area (Å²) >= 11 is 0. The molecule has 18 heavy (non-hydrogen) atoms. The Morgan fingerprint density at radius 3 is 2.72 bits per heavy atom. The van der Waals surface area contributed by atoms with Gasteiger partial charge in [0.2, 0.25) is 5.91 Å². The fraction of sp³-hybridized carbons (Fsp3) is 0.933. The van der Waals surface area contributed by atoms with E-state index in [1.165, 1.54) is 38.5 Å². The molecule has 3 N–H and O–H groups in total. The number of carbonyl (C=O) groups excluding carboxylic acids is 1. The molecular weight excluding hydrogens is 224 g/mol. The summed E-state index contributed by atoms with van der Waals surface area (Å²) in [6.07, 6.45) is 9.56. The van der Waals surface area contributed by atoms with Gasteiger partial charge in [0.15, 0.2) is 0 Å². The van der Waals surface area contributed by atoms with Crippen molar-refractivity contribution < 1.29 is 4.79 Å². The third-order valence-corrected chi connectivity index (χ3v) is 5.01. The molecule has 4 atom stereocenters. The van der Waals surface area contributed by atoms with Gasteiger partial charge in [0.05, 0.1) is 0 Å². The van der Waals surface area contributed by atoms with Gasteiger partial charge in [0.25, 0.3) is 0 Å². The topological polar surface area (TPSA) is 55.1 Å². The van der Waals surface area contributed by atoms with Crippen molar-refractivity contribution >= 4 is 5.91 Å². The molecule has 104 valence electrons. The lowest BCUT2D eigenvalue weighted by atomic mass is 9.83. The van der Waals surface area contributed by atoms with Gasteiger partial charge in [0, 0.05) is 12.0 Å². The van der Waals surface area contributed by atoms with Gasteiger partial charge >= 0.3 is 0 Å². The minimum absolute atomic E-state index is 0.192. The van der Waals surface area contributed by atoms with Crippen LogP contribution in [0.1, 0.15) is 58.3 Å². The van der Waals surface area contributed by atoms with Crippen LogP contribution in [-0.4, -0.2) is 18.5 Å². The first-order valence-corrected chi connectivity index (χ1v) is 7.75. The zero-order valence-electron chi connectivity index (χ0n) is 11.7. The highest BCUT2D eigenvalue weighted by molar-refractivity contribution is 5.79. The molecule has 0 radical (unpaired) electrons. The van der Waals surface area contributed by atoms with Crippen molar-refractivity contribution in [1.29, 1.82) is 0 Å². The van der Waals surface area contributed by atoms with E-state index in [0.29, 0.717) is 18.5 Å². The average molecular weight is 252 g/mol. The Morgan fingerprint density at radius 1 is 1.22 bits per heavy atom. The van der Waals surface area contributed by atoms with Crippen molar-refractivity contribution in [2.24, 2.45) is 23.5 Å². The van der Waals surface area contributed by atoms with Crippen LogP contribution >= 0.6 is 0 Å². The summed E-state index contributed by atoms with van der Waals surface area (Å²) in [5.74, 6) is 1.72. The summed E-state index contributed by atoms with van der Waals surface area (Å²) < 4.78 is 0. The van der Waals surface area contributed by atoms with Crippen molar-refractivity contribution in [2.75, 3.05) is 6.54 Å². The van der Waals surface area contributed by atoms with E-state index >= 15 is 0 Å². The van der Waals surface area contributed by atoms with Crippen molar-refractivity contribution in [2.45, 2.75) is 64.3 Å². The molecule has 2 saturated carbocycles. The van der Waals surface area contributed by atoms with Gasteiger partial charge < -0.3 is 11.1 Å². The molecule has 0 spiro atoms. The molecule has 2 fully saturated rings. The van der Waals surface area contributed by atoms with E-state index < -0.39 is 0 Å². The van der Waals surface area contributed by atoms with Crippen molar-refractivity contribution in [3.8, 4) is 0 Å². The Balaban J connectivity index is 1.83. The number of amides is 1. The molecule has 0 aromatic heterocycles. The van der Waals surface area contributed by atoms with E-state index in [1.807, 2.05) is 0 Å². The molecule has 2 aliphatic rings. The molecule has 0 bridgehead atoms. The van der Waals surface area contributed by atoms with Gasteiger partial charge in [-0.25, -0.2) is 0 Å². The van der Waals surface area contributed by atoms with Gasteiger partial charge in [-0.3, -0.25) is 4.79 Å². The highest BCUT2D eigenvalue weighted by Gasteiger charge is 2.33. The van der Waals surface area contributed by atoms with E-state index in [9.17, 15) is 4.79 Å². The molecule has 0 saturated heterocycles. The van der Waals surface area contributed by atoms with Gasteiger partial charge in [0.1, 0.15) is 0 Å². The minimum atomic E-state index is 0.192. The Kier molecular flexibility index (Phi) is 5.04. The summed E-state index contributed by atoms with van der Waals surface area (Å²) in [6.45, 7) is 2.93. The van der Waals surface area contributed by atoms with Crippen LogP contribution in [-0.2, 0) is 4.79 Å². The second-order valence-corrected chi connectivity index (χ2v) is 6.18. The summed E-state index contributed by atoms with van der Waals surface area (Å²) in [4.78, 5) is 12.3. The van der Waals surface area contributed by atoms with Crippen LogP contribution in [0.2, 0.25) is 0 Å². The first-order chi connectivity index (χ1) is 8.74. The molecular formula is C15H28N2O. The highest BCUT2D eigenvalue weighted by atomic mass is 16.2. The van der Waals surface area contributed by atoms with Crippen LogP contribution < -0.4 is 11.1 Å². The van der Waals surface area contributed by atoms with E-state index in [1.54, 1.807) is 0 Å². The smallest absolute Gasteiger partial charge is 0.223 e. The predicted molar refractivity (Wildman–Crippen MR) is 74.1 cm³/mol. The number of hydrogen-bond donors (Lipinski definition) is 2. The Hall–Kier alpha value is -0.570. The monoisotopic (exact) mass is 252 g/mol. The van der Waals surface area contributed by atoms with Crippen molar-refractivity contribution in [3.63, 3.8) is 0 Å². The van der Waals surface area contributed by atoms with E-state index in [0.717, 1.165) is 18.8 Å². The maximum atomic E-state index is 12.3. The van der Waals surface area contributed by atoms with Crippen LogP contribution in [0, 0.1) is 17.8 Å². The molecule has 3 nitrogen and oxygen atoms in total. The molecule has 1 amide bonds.